The third kappa shape index (κ3) is 2.57. The maximum absolute atomic E-state index is 9.01. The fraction of sp³-hybridized carbons (Fsp3) is 0.235. The molecule has 0 aromatic heterocycles. The van der Waals surface area contributed by atoms with Crippen LogP contribution in [0.5, 0.6) is 0 Å². The fourth-order valence-corrected chi connectivity index (χ4v) is 3.15. The summed E-state index contributed by atoms with van der Waals surface area (Å²) in [6.07, 6.45) is 2.21. The minimum Gasteiger partial charge on any atom is -0.367 e. The van der Waals surface area contributed by atoms with Crippen LogP contribution in [0.15, 0.2) is 46.9 Å². The van der Waals surface area contributed by atoms with Gasteiger partial charge < -0.3 is 4.90 Å². The predicted molar refractivity (Wildman–Crippen MR) is 84.7 cm³/mol. The van der Waals surface area contributed by atoms with Crippen LogP contribution < -0.4 is 4.90 Å². The maximum Gasteiger partial charge on any atom is 0.0991 e. The topological polar surface area (TPSA) is 27.0 Å². The molecule has 3 heteroatoms. The Morgan fingerprint density at radius 2 is 2.05 bits per heavy atom. The summed E-state index contributed by atoms with van der Waals surface area (Å²) in [5, 5.41) is 9.01. The third-order valence-corrected chi connectivity index (χ3v) is 4.52. The van der Waals surface area contributed by atoms with Gasteiger partial charge in [-0.05, 0) is 48.2 Å². The van der Waals surface area contributed by atoms with Crippen molar-refractivity contribution in [2.75, 3.05) is 11.4 Å². The van der Waals surface area contributed by atoms with Crippen molar-refractivity contribution < 1.29 is 0 Å². The van der Waals surface area contributed by atoms with Crippen molar-refractivity contribution in [3.63, 3.8) is 0 Å². The van der Waals surface area contributed by atoms with Crippen molar-refractivity contribution in [2.24, 2.45) is 0 Å². The second-order valence-corrected chi connectivity index (χ2v) is 5.93. The first kappa shape index (κ1) is 13.2. The van der Waals surface area contributed by atoms with Crippen LogP contribution in [0.3, 0.4) is 0 Å². The van der Waals surface area contributed by atoms with Gasteiger partial charge in [0.15, 0.2) is 0 Å². The first-order valence-corrected chi connectivity index (χ1v) is 7.58. The van der Waals surface area contributed by atoms with E-state index < -0.39 is 0 Å². The van der Waals surface area contributed by atoms with Crippen LogP contribution in [-0.2, 0) is 13.0 Å². The number of hydrogen-bond acceptors (Lipinski definition) is 2. The average molecular weight is 327 g/mol. The molecule has 0 amide bonds. The molecule has 0 unspecified atom stereocenters. The molecular weight excluding hydrogens is 312 g/mol. The molecule has 2 aromatic carbocycles. The van der Waals surface area contributed by atoms with Gasteiger partial charge in [-0.15, -0.1) is 0 Å². The molecule has 0 saturated heterocycles. The second kappa shape index (κ2) is 5.68. The number of aryl methyl sites for hydroxylation is 1. The van der Waals surface area contributed by atoms with E-state index in [1.807, 2.05) is 18.2 Å². The lowest BCUT2D eigenvalue weighted by Gasteiger charge is -2.31. The molecule has 0 saturated carbocycles. The lowest BCUT2D eigenvalue weighted by Crippen LogP contribution is -2.29. The summed E-state index contributed by atoms with van der Waals surface area (Å²) in [7, 11) is 0. The van der Waals surface area contributed by atoms with Gasteiger partial charge >= 0.3 is 0 Å². The third-order valence-electron chi connectivity index (χ3n) is 3.74. The number of nitriles is 1. The Morgan fingerprint density at radius 1 is 1.20 bits per heavy atom. The highest BCUT2D eigenvalue weighted by Gasteiger charge is 2.17. The van der Waals surface area contributed by atoms with Crippen LogP contribution in [-0.4, -0.2) is 6.54 Å². The van der Waals surface area contributed by atoms with Crippen molar-refractivity contribution in [3.05, 3.63) is 63.6 Å². The van der Waals surface area contributed by atoms with Crippen molar-refractivity contribution in [1.82, 2.24) is 0 Å². The SMILES string of the molecule is N#Cc1ccc2c(c1)CCCN2Cc1ccccc1Br. The zero-order valence-corrected chi connectivity index (χ0v) is 12.7. The minimum atomic E-state index is 0.756. The summed E-state index contributed by atoms with van der Waals surface area (Å²) in [6.45, 7) is 1.97. The van der Waals surface area contributed by atoms with Gasteiger partial charge in [0.1, 0.15) is 0 Å². The lowest BCUT2D eigenvalue weighted by molar-refractivity contribution is 0.690. The van der Waals surface area contributed by atoms with E-state index in [-0.39, 0.29) is 0 Å². The molecule has 0 atom stereocenters. The number of halogens is 1. The molecule has 1 aliphatic heterocycles. The minimum absolute atomic E-state index is 0.756. The summed E-state index contributed by atoms with van der Waals surface area (Å²) >= 11 is 3.62. The highest BCUT2D eigenvalue weighted by atomic mass is 79.9. The molecule has 2 nitrogen and oxygen atoms in total. The molecule has 3 rings (SSSR count). The smallest absolute Gasteiger partial charge is 0.0991 e. The Bertz CT molecular complexity index is 673. The van der Waals surface area contributed by atoms with Crippen molar-refractivity contribution in [1.29, 1.82) is 5.26 Å². The Balaban J connectivity index is 1.91. The van der Waals surface area contributed by atoms with Gasteiger partial charge in [-0.2, -0.15) is 5.26 Å². The first-order valence-electron chi connectivity index (χ1n) is 6.79. The first-order chi connectivity index (χ1) is 9.78. The Labute approximate surface area is 127 Å². The van der Waals surface area contributed by atoms with E-state index in [1.165, 1.54) is 16.8 Å². The zero-order chi connectivity index (χ0) is 13.9. The molecule has 0 aliphatic carbocycles. The van der Waals surface area contributed by atoms with Crippen LogP contribution in [0.4, 0.5) is 5.69 Å². The van der Waals surface area contributed by atoms with E-state index in [4.69, 9.17) is 5.26 Å². The van der Waals surface area contributed by atoms with Gasteiger partial charge in [0.2, 0.25) is 0 Å². The molecule has 1 aliphatic rings. The number of anilines is 1. The van der Waals surface area contributed by atoms with Gasteiger partial charge in [-0.25, -0.2) is 0 Å². The normalized spacial score (nSPS) is 13.7. The molecule has 0 bridgehead atoms. The maximum atomic E-state index is 9.01. The molecule has 20 heavy (non-hydrogen) atoms. The average Bonchev–Trinajstić information content (AvgIpc) is 2.49. The Hall–Kier alpha value is -1.79. The largest absolute Gasteiger partial charge is 0.367 e. The summed E-state index contributed by atoms with van der Waals surface area (Å²) in [4.78, 5) is 2.40. The van der Waals surface area contributed by atoms with E-state index in [1.54, 1.807) is 0 Å². The standard InChI is InChI=1S/C17H15BrN2/c18-16-6-2-1-4-15(16)12-20-9-3-5-14-10-13(11-19)7-8-17(14)20/h1-2,4,6-8,10H,3,5,9,12H2. The van der Waals surface area contributed by atoms with E-state index in [0.717, 1.165) is 36.0 Å². The van der Waals surface area contributed by atoms with Crippen LogP contribution >= 0.6 is 15.9 Å². The summed E-state index contributed by atoms with van der Waals surface area (Å²) in [5.74, 6) is 0. The Morgan fingerprint density at radius 3 is 2.85 bits per heavy atom. The lowest BCUT2D eigenvalue weighted by atomic mass is 9.99. The van der Waals surface area contributed by atoms with Gasteiger partial charge in [0.25, 0.3) is 0 Å². The summed E-state index contributed by atoms with van der Waals surface area (Å²) in [6, 6.07) is 16.6. The predicted octanol–water partition coefficient (Wildman–Crippen LogP) is 4.27. The number of benzene rings is 2. The molecular formula is C17H15BrN2. The Kier molecular flexibility index (Phi) is 3.75. The van der Waals surface area contributed by atoms with E-state index in [0.29, 0.717) is 0 Å². The molecule has 0 spiro atoms. The molecule has 0 fully saturated rings. The van der Waals surface area contributed by atoms with Crippen LogP contribution in [0.2, 0.25) is 0 Å². The quantitative estimate of drug-likeness (QED) is 0.823. The van der Waals surface area contributed by atoms with E-state index in [2.05, 4.69) is 51.2 Å². The number of fused-ring (bicyclic) bond motifs is 1. The number of rotatable bonds is 2. The van der Waals surface area contributed by atoms with Crippen molar-refractivity contribution in [2.45, 2.75) is 19.4 Å². The van der Waals surface area contributed by atoms with Crippen molar-refractivity contribution in [3.8, 4) is 6.07 Å². The van der Waals surface area contributed by atoms with Crippen LogP contribution in [0.25, 0.3) is 0 Å². The monoisotopic (exact) mass is 326 g/mol. The van der Waals surface area contributed by atoms with E-state index in [9.17, 15) is 0 Å². The van der Waals surface area contributed by atoms with Crippen LogP contribution in [0.1, 0.15) is 23.1 Å². The second-order valence-electron chi connectivity index (χ2n) is 5.07. The number of hydrogen-bond donors (Lipinski definition) is 0. The van der Waals surface area contributed by atoms with Gasteiger partial charge in [0, 0.05) is 23.2 Å². The van der Waals surface area contributed by atoms with Gasteiger partial charge in [0.05, 0.1) is 11.6 Å². The highest BCUT2D eigenvalue weighted by Crippen LogP contribution is 2.30. The highest BCUT2D eigenvalue weighted by molar-refractivity contribution is 9.10. The molecule has 0 radical (unpaired) electrons. The van der Waals surface area contributed by atoms with Gasteiger partial charge in [-0.1, -0.05) is 34.1 Å². The summed E-state index contributed by atoms with van der Waals surface area (Å²) < 4.78 is 1.15. The van der Waals surface area contributed by atoms with E-state index >= 15 is 0 Å². The molecule has 100 valence electrons. The number of nitrogens with zero attached hydrogens (tertiary/aromatic N) is 2. The van der Waals surface area contributed by atoms with Crippen LogP contribution in [0, 0.1) is 11.3 Å². The molecule has 1 heterocycles. The van der Waals surface area contributed by atoms with Gasteiger partial charge in [-0.3, -0.25) is 0 Å². The summed E-state index contributed by atoms with van der Waals surface area (Å²) in [5.41, 5.74) is 4.62. The zero-order valence-electron chi connectivity index (χ0n) is 11.1. The van der Waals surface area contributed by atoms with Crippen molar-refractivity contribution >= 4 is 21.6 Å². The molecule has 0 N–H and O–H groups in total. The molecule has 2 aromatic rings. The fourth-order valence-electron chi connectivity index (χ4n) is 2.74.